The van der Waals surface area contributed by atoms with Gasteiger partial charge in [0.25, 0.3) is 0 Å². The Morgan fingerprint density at radius 2 is 1.93 bits per heavy atom. The lowest BCUT2D eigenvalue weighted by Crippen LogP contribution is -2.44. The molecule has 2 fully saturated rings. The van der Waals surface area contributed by atoms with Crippen LogP contribution in [0.5, 0.6) is 0 Å². The third-order valence-electron chi connectivity index (χ3n) is 5.60. The van der Waals surface area contributed by atoms with Gasteiger partial charge < -0.3 is 14.4 Å². The first-order chi connectivity index (χ1) is 14.7. The summed E-state index contributed by atoms with van der Waals surface area (Å²) in [5, 5.41) is 0.727. The van der Waals surface area contributed by atoms with Gasteiger partial charge in [0.05, 0.1) is 32.1 Å². The molecule has 0 radical (unpaired) electrons. The lowest BCUT2D eigenvalue weighted by Gasteiger charge is -2.34. The third kappa shape index (κ3) is 5.79. The molecule has 160 valence electrons. The number of aromatic nitrogens is 1. The second-order valence-corrected chi connectivity index (χ2v) is 8.20. The fourth-order valence-corrected chi connectivity index (χ4v) is 4.14. The number of amides is 1. The van der Waals surface area contributed by atoms with Crippen molar-refractivity contribution in [1.29, 1.82) is 0 Å². The van der Waals surface area contributed by atoms with Crippen molar-refractivity contribution < 1.29 is 14.3 Å². The molecule has 1 amide bonds. The summed E-state index contributed by atoms with van der Waals surface area (Å²) in [7, 11) is 0. The van der Waals surface area contributed by atoms with Crippen LogP contribution in [0.4, 0.5) is 0 Å². The van der Waals surface area contributed by atoms with E-state index < -0.39 is 0 Å². The van der Waals surface area contributed by atoms with E-state index >= 15 is 0 Å². The van der Waals surface area contributed by atoms with Crippen molar-refractivity contribution in [3.8, 4) is 0 Å². The number of nitrogens with zero attached hydrogens (tertiary/aromatic N) is 3. The Bertz CT molecular complexity index is 857. The van der Waals surface area contributed by atoms with E-state index in [1.54, 1.807) is 0 Å². The number of hydrogen-bond acceptors (Lipinski definition) is 5. The van der Waals surface area contributed by atoms with E-state index in [1.807, 2.05) is 47.4 Å². The molecular formula is C23H28ClN3O3. The number of hydrogen-bond donors (Lipinski definition) is 0. The van der Waals surface area contributed by atoms with Crippen LogP contribution < -0.4 is 0 Å². The van der Waals surface area contributed by atoms with Crippen molar-refractivity contribution in [3.63, 3.8) is 0 Å². The Morgan fingerprint density at radius 3 is 2.77 bits per heavy atom. The lowest BCUT2D eigenvalue weighted by atomic mass is 10.1. The molecule has 7 heteroatoms. The predicted molar refractivity (Wildman–Crippen MR) is 116 cm³/mol. The van der Waals surface area contributed by atoms with E-state index in [0.717, 1.165) is 54.8 Å². The summed E-state index contributed by atoms with van der Waals surface area (Å²) in [6.07, 6.45) is 1.06. The van der Waals surface area contributed by atoms with Crippen molar-refractivity contribution >= 4 is 17.5 Å². The third-order valence-corrected chi connectivity index (χ3v) is 5.83. The summed E-state index contributed by atoms with van der Waals surface area (Å²) in [6, 6.07) is 13.8. The molecule has 0 bridgehead atoms. The molecule has 0 N–H and O–H groups in total. The van der Waals surface area contributed by atoms with Gasteiger partial charge in [-0.15, -0.1) is 0 Å². The largest absolute Gasteiger partial charge is 0.379 e. The van der Waals surface area contributed by atoms with Gasteiger partial charge in [-0.3, -0.25) is 14.7 Å². The summed E-state index contributed by atoms with van der Waals surface area (Å²) in [4.78, 5) is 21.8. The molecule has 2 aromatic rings. The van der Waals surface area contributed by atoms with Gasteiger partial charge in [0, 0.05) is 49.7 Å². The van der Waals surface area contributed by atoms with Crippen molar-refractivity contribution in [2.24, 2.45) is 0 Å². The van der Waals surface area contributed by atoms with Crippen LogP contribution in [0.15, 0.2) is 42.5 Å². The fourth-order valence-electron chi connectivity index (χ4n) is 3.92. The Morgan fingerprint density at radius 1 is 1.10 bits per heavy atom. The normalized spacial score (nSPS) is 20.3. The predicted octanol–water partition coefficient (Wildman–Crippen LogP) is 2.95. The molecule has 2 aliphatic heterocycles. The second-order valence-electron chi connectivity index (χ2n) is 7.76. The number of pyridine rings is 1. The Labute approximate surface area is 182 Å². The molecule has 1 aromatic heterocycles. The van der Waals surface area contributed by atoms with Gasteiger partial charge in [0.2, 0.25) is 5.91 Å². The zero-order chi connectivity index (χ0) is 20.8. The smallest absolute Gasteiger partial charge is 0.224 e. The SMILES string of the molecule is O=C(CCN1CCOCC1)N1CCO[C@@H](c2cccc(Cc3cccc(Cl)c3)n2)C1. The standard InChI is InChI=1S/C23H28ClN3O3/c24-19-4-1-3-18(15-19)16-20-5-2-6-21(25-20)22-17-27(11-14-30-22)23(28)7-8-26-9-12-29-13-10-26/h1-6,15,22H,7-14,16-17H2/t22-/m1/s1. The number of halogens is 1. The first-order valence-electron chi connectivity index (χ1n) is 10.6. The van der Waals surface area contributed by atoms with Crippen molar-refractivity contribution in [1.82, 2.24) is 14.8 Å². The van der Waals surface area contributed by atoms with Crippen LogP contribution in [0.25, 0.3) is 0 Å². The fraction of sp³-hybridized carbons (Fsp3) is 0.478. The summed E-state index contributed by atoms with van der Waals surface area (Å²) < 4.78 is 11.3. The van der Waals surface area contributed by atoms with Gasteiger partial charge in [-0.2, -0.15) is 0 Å². The minimum absolute atomic E-state index is 0.185. The van der Waals surface area contributed by atoms with Crippen molar-refractivity contribution in [2.75, 3.05) is 52.5 Å². The van der Waals surface area contributed by atoms with Crippen LogP contribution in [0.1, 0.15) is 29.5 Å². The number of carbonyl (C=O) groups is 1. The molecule has 0 spiro atoms. The quantitative estimate of drug-likeness (QED) is 0.706. The highest BCUT2D eigenvalue weighted by Crippen LogP contribution is 2.22. The average molecular weight is 430 g/mol. The molecular weight excluding hydrogens is 402 g/mol. The van der Waals surface area contributed by atoms with Crippen LogP contribution in [-0.4, -0.2) is 73.2 Å². The average Bonchev–Trinajstić information content (AvgIpc) is 2.78. The highest BCUT2D eigenvalue weighted by Gasteiger charge is 2.26. The summed E-state index contributed by atoms with van der Waals surface area (Å²) in [6.45, 7) is 5.84. The molecule has 0 saturated carbocycles. The topological polar surface area (TPSA) is 54.9 Å². The molecule has 6 nitrogen and oxygen atoms in total. The van der Waals surface area contributed by atoms with E-state index in [4.69, 9.17) is 26.1 Å². The molecule has 1 aromatic carbocycles. The zero-order valence-corrected chi connectivity index (χ0v) is 17.9. The number of carbonyl (C=O) groups excluding carboxylic acids is 1. The minimum Gasteiger partial charge on any atom is -0.379 e. The van der Waals surface area contributed by atoms with Gasteiger partial charge in [0.1, 0.15) is 6.10 Å². The number of ether oxygens (including phenoxy) is 2. The van der Waals surface area contributed by atoms with Gasteiger partial charge in [-0.25, -0.2) is 0 Å². The molecule has 3 heterocycles. The molecule has 2 aliphatic rings. The van der Waals surface area contributed by atoms with Gasteiger partial charge in [-0.05, 0) is 29.8 Å². The number of morpholine rings is 2. The number of benzene rings is 1. The maximum Gasteiger partial charge on any atom is 0.224 e. The monoisotopic (exact) mass is 429 g/mol. The molecule has 30 heavy (non-hydrogen) atoms. The Balaban J connectivity index is 1.35. The molecule has 0 unspecified atom stereocenters. The Hall–Kier alpha value is -1.99. The zero-order valence-electron chi connectivity index (χ0n) is 17.1. The lowest BCUT2D eigenvalue weighted by molar-refractivity contribution is -0.139. The molecule has 1 atom stereocenters. The van der Waals surface area contributed by atoms with Gasteiger partial charge in [0.15, 0.2) is 0 Å². The first kappa shape index (κ1) is 21.2. The van der Waals surface area contributed by atoms with Crippen LogP contribution in [-0.2, 0) is 20.7 Å². The first-order valence-corrected chi connectivity index (χ1v) is 10.9. The van der Waals surface area contributed by atoms with Gasteiger partial charge >= 0.3 is 0 Å². The van der Waals surface area contributed by atoms with E-state index in [1.165, 1.54) is 0 Å². The van der Waals surface area contributed by atoms with E-state index in [-0.39, 0.29) is 12.0 Å². The number of rotatable bonds is 6. The van der Waals surface area contributed by atoms with E-state index in [0.29, 0.717) is 32.5 Å². The highest BCUT2D eigenvalue weighted by molar-refractivity contribution is 6.30. The van der Waals surface area contributed by atoms with Crippen LogP contribution >= 0.6 is 11.6 Å². The van der Waals surface area contributed by atoms with Crippen LogP contribution in [0.2, 0.25) is 5.02 Å². The maximum absolute atomic E-state index is 12.7. The van der Waals surface area contributed by atoms with E-state index in [9.17, 15) is 4.79 Å². The summed E-state index contributed by atoms with van der Waals surface area (Å²) >= 11 is 6.10. The summed E-state index contributed by atoms with van der Waals surface area (Å²) in [5.74, 6) is 0.185. The van der Waals surface area contributed by atoms with Crippen molar-refractivity contribution in [3.05, 3.63) is 64.4 Å². The summed E-state index contributed by atoms with van der Waals surface area (Å²) in [5.41, 5.74) is 2.96. The molecule has 4 rings (SSSR count). The molecule has 2 saturated heterocycles. The van der Waals surface area contributed by atoms with Crippen LogP contribution in [0.3, 0.4) is 0 Å². The minimum atomic E-state index is -0.189. The Kier molecular flexibility index (Phi) is 7.33. The maximum atomic E-state index is 12.7. The van der Waals surface area contributed by atoms with Gasteiger partial charge in [-0.1, -0.05) is 29.8 Å². The second kappa shape index (κ2) is 10.4. The molecule has 0 aliphatic carbocycles. The van der Waals surface area contributed by atoms with Crippen LogP contribution in [0, 0.1) is 0 Å². The highest BCUT2D eigenvalue weighted by atomic mass is 35.5. The van der Waals surface area contributed by atoms with E-state index in [2.05, 4.69) is 4.90 Å². The van der Waals surface area contributed by atoms with Crippen molar-refractivity contribution in [2.45, 2.75) is 18.9 Å².